The van der Waals surface area contributed by atoms with Crippen LogP contribution in [0.25, 0.3) is 10.8 Å². The van der Waals surface area contributed by atoms with Gasteiger partial charge in [-0.3, -0.25) is 14.4 Å². The zero-order valence-electron chi connectivity index (χ0n) is 21.1. The lowest BCUT2D eigenvalue weighted by Gasteiger charge is -2.18. The van der Waals surface area contributed by atoms with Crippen molar-refractivity contribution in [2.24, 2.45) is 0 Å². The normalized spacial score (nSPS) is 11.0. The van der Waals surface area contributed by atoms with Crippen molar-refractivity contribution in [1.82, 2.24) is 20.0 Å². The number of likely N-dealkylation sites (N-methyl/N-ethyl adjacent to an activating group) is 1. The van der Waals surface area contributed by atoms with Gasteiger partial charge in [0.1, 0.15) is 0 Å². The molecular weight excluding hydrogens is 466 g/mol. The molecule has 2 amide bonds. The van der Waals surface area contributed by atoms with Crippen LogP contribution in [0.4, 0.5) is 5.69 Å². The maximum Gasteiger partial charge on any atom is 0.276 e. The van der Waals surface area contributed by atoms with E-state index in [1.807, 2.05) is 30.3 Å². The Labute approximate surface area is 215 Å². The molecule has 8 nitrogen and oxygen atoms in total. The smallest absolute Gasteiger partial charge is 0.276 e. The van der Waals surface area contributed by atoms with Crippen molar-refractivity contribution in [3.8, 4) is 0 Å². The number of anilines is 1. The van der Waals surface area contributed by atoms with Crippen LogP contribution < -0.4 is 16.2 Å². The highest BCUT2D eigenvalue weighted by molar-refractivity contribution is 6.11. The number of amides is 2. The van der Waals surface area contributed by atoms with E-state index in [0.29, 0.717) is 28.6 Å². The van der Waals surface area contributed by atoms with Gasteiger partial charge in [0.2, 0.25) is 0 Å². The zero-order chi connectivity index (χ0) is 26.2. The van der Waals surface area contributed by atoms with Crippen LogP contribution in [0.15, 0.2) is 83.7 Å². The Balaban J connectivity index is 1.51. The van der Waals surface area contributed by atoms with E-state index in [2.05, 4.69) is 34.5 Å². The second kappa shape index (κ2) is 12.1. The molecule has 37 heavy (non-hydrogen) atoms. The van der Waals surface area contributed by atoms with Gasteiger partial charge in [-0.15, -0.1) is 0 Å². The van der Waals surface area contributed by atoms with Crippen molar-refractivity contribution in [1.29, 1.82) is 0 Å². The first-order valence-electron chi connectivity index (χ1n) is 12.5. The first-order valence-corrected chi connectivity index (χ1v) is 12.5. The molecule has 0 fully saturated rings. The predicted octanol–water partition coefficient (Wildman–Crippen LogP) is 3.77. The summed E-state index contributed by atoms with van der Waals surface area (Å²) in [6.45, 7) is 7.67. The van der Waals surface area contributed by atoms with Gasteiger partial charge in [0, 0.05) is 29.7 Å². The van der Waals surface area contributed by atoms with Crippen molar-refractivity contribution in [3.05, 3.63) is 106 Å². The van der Waals surface area contributed by atoms with Gasteiger partial charge in [0.25, 0.3) is 17.4 Å². The number of rotatable bonds is 10. The van der Waals surface area contributed by atoms with Crippen LogP contribution in [-0.4, -0.2) is 52.7 Å². The molecule has 4 aromatic rings. The Kier molecular flexibility index (Phi) is 8.43. The molecule has 3 aromatic carbocycles. The van der Waals surface area contributed by atoms with Gasteiger partial charge in [0.05, 0.1) is 11.9 Å². The fourth-order valence-electron chi connectivity index (χ4n) is 4.13. The summed E-state index contributed by atoms with van der Waals surface area (Å²) < 4.78 is 1.32. The van der Waals surface area contributed by atoms with Crippen molar-refractivity contribution in [2.75, 3.05) is 31.5 Å². The molecule has 0 unspecified atom stereocenters. The maximum absolute atomic E-state index is 13.3. The number of aromatic nitrogens is 2. The van der Waals surface area contributed by atoms with Gasteiger partial charge >= 0.3 is 0 Å². The molecule has 0 atom stereocenters. The monoisotopic (exact) mass is 497 g/mol. The highest BCUT2D eigenvalue weighted by Crippen LogP contribution is 2.17. The van der Waals surface area contributed by atoms with Crippen molar-refractivity contribution >= 4 is 28.3 Å². The number of nitrogens with one attached hydrogen (secondary N) is 2. The Hall–Kier alpha value is -4.30. The number of hydrogen-bond donors (Lipinski definition) is 2. The lowest BCUT2D eigenvalue weighted by molar-refractivity contribution is 0.0948. The van der Waals surface area contributed by atoms with E-state index in [9.17, 15) is 14.4 Å². The summed E-state index contributed by atoms with van der Waals surface area (Å²) in [6.07, 6.45) is 0. The van der Waals surface area contributed by atoms with E-state index in [1.165, 1.54) is 4.68 Å². The molecule has 0 radical (unpaired) electrons. The molecule has 0 spiro atoms. The summed E-state index contributed by atoms with van der Waals surface area (Å²) in [6, 6.07) is 23.2. The summed E-state index contributed by atoms with van der Waals surface area (Å²) in [4.78, 5) is 41.0. The molecule has 1 aromatic heterocycles. The summed E-state index contributed by atoms with van der Waals surface area (Å²) >= 11 is 0. The second-order valence-electron chi connectivity index (χ2n) is 8.66. The average molecular weight is 498 g/mol. The van der Waals surface area contributed by atoms with E-state index >= 15 is 0 Å². The third-order valence-electron chi connectivity index (χ3n) is 6.27. The first kappa shape index (κ1) is 25.8. The minimum absolute atomic E-state index is 0.157. The van der Waals surface area contributed by atoms with E-state index in [-0.39, 0.29) is 23.7 Å². The number of fused-ring (bicyclic) bond motifs is 1. The van der Waals surface area contributed by atoms with Gasteiger partial charge in [-0.2, -0.15) is 5.10 Å². The fourth-order valence-corrected chi connectivity index (χ4v) is 4.13. The fraction of sp³-hybridized carbons (Fsp3) is 0.241. The van der Waals surface area contributed by atoms with E-state index in [1.54, 1.807) is 48.5 Å². The maximum atomic E-state index is 13.3. The van der Waals surface area contributed by atoms with Crippen LogP contribution in [0.5, 0.6) is 0 Å². The molecule has 0 aliphatic heterocycles. The van der Waals surface area contributed by atoms with Crippen molar-refractivity contribution in [2.45, 2.75) is 20.4 Å². The number of carbonyl (C=O) groups is 2. The quantitative estimate of drug-likeness (QED) is 0.348. The second-order valence-corrected chi connectivity index (χ2v) is 8.66. The van der Waals surface area contributed by atoms with Gasteiger partial charge in [-0.1, -0.05) is 62.4 Å². The summed E-state index contributed by atoms with van der Waals surface area (Å²) in [5.41, 5.74) is 1.84. The van der Waals surface area contributed by atoms with E-state index in [0.717, 1.165) is 25.2 Å². The van der Waals surface area contributed by atoms with Crippen LogP contribution in [0.2, 0.25) is 0 Å². The SMILES string of the molecule is CCN(CC)CCNC(=O)c1ccc(NC(=O)c2nn(Cc3ccccc3)c(=O)c3ccccc23)cc1. The first-order chi connectivity index (χ1) is 18.0. The van der Waals surface area contributed by atoms with Crippen LogP contribution in [0, 0.1) is 0 Å². The van der Waals surface area contributed by atoms with Crippen LogP contribution >= 0.6 is 0 Å². The van der Waals surface area contributed by atoms with Gasteiger partial charge < -0.3 is 15.5 Å². The van der Waals surface area contributed by atoms with Gasteiger partial charge in [0.15, 0.2) is 5.69 Å². The van der Waals surface area contributed by atoms with Gasteiger partial charge in [-0.05, 0) is 49.0 Å². The minimum atomic E-state index is -0.436. The van der Waals surface area contributed by atoms with E-state index < -0.39 is 5.91 Å². The highest BCUT2D eigenvalue weighted by Gasteiger charge is 2.17. The predicted molar refractivity (Wildman–Crippen MR) is 146 cm³/mol. The lowest BCUT2D eigenvalue weighted by Crippen LogP contribution is -2.34. The number of benzene rings is 3. The van der Waals surface area contributed by atoms with Crippen LogP contribution in [-0.2, 0) is 6.54 Å². The third kappa shape index (κ3) is 6.29. The Morgan fingerprint density at radius 2 is 1.49 bits per heavy atom. The summed E-state index contributed by atoms with van der Waals surface area (Å²) in [7, 11) is 0. The molecule has 0 bridgehead atoms. The molecule has 190 valence electrons. The molecule has 4 rings (SSSR count). The van der Waals surface area contributed by atoms with Gasteiger partial charge in [-0.25, -0.2) is 4.68 Å². The minimum Gasteiger partial charge on any atom is -0.351 e. The van der Waals surface area contributed by atoms with Crippen LogP contribution in [0.3, 0.4) is 0 Å². The number of nitrogens with zero attached hydrogens (tertiary/aromatic N) is 3. The molecule has 2 N–H and O–H groups in total. The summed E-state index contributed by atoms with van der Waals surface area (Å²) in [5.74, 6) is -0.597. The zero-order valence-corrected chi connectivity index (χ0v) is 21.1. The molecule has 8 heteroatoms. The Morgan fingerprint density at radius 1 is 0.838 bits per heavy atom. The largest absolute Gasteiger partial charge is 0.351 e. The molecule has 0 aliphatic rings. The Morgan fingerprint density at radius 3 is 2.16 bits per heavy atom. The molecular formula is C29H31N5O3. The van der Waals surface area contributed by atoms with Crippen molar-refractivity contribution in [3.63, 3.8) is 0 Å². The average Bonchev–Trinajstić information content (AvgIpc) is 2.93. The topological polar surface area (TPSA) is 96.3 Å². The molecule has 0 saturated carbocycles. The number of hydrogen-bond acceptors (Lipinski definition) is 5. The molecule has 0 saturated heterocycles. The van der Waals surface area contributed by atoms with E-state index in [4.69, 9.17) is 0 Å². The lowest BCUT2D eigenvalue weighted by atomic mass is 10.1. The van der Waals surface area contributed by atoms with Crippen LogP contribution in [0.1, 0.15) is 40.3 Å². The standard InChI is InChI=1S/C29H31N5O3/c1-3-33(4-2)19-18-30-27(35)22-14-16-23(17-15-22)31-28(36)26-24-12-8-9-13-25(24)29(37)34(32-26)20-21-10-6-5-7-11-21/h5-17H,3-4,18-20H2,1-2H3,(H,30,35)(H,31,36). The Bertz CT molecular complexity index is 1430. The molecule has 1 heterocycles. The highest BCUT2D eigenvalue weighted by atomic mass is 16.2. The number of carbonyl (C=O) groups excluding carboxylic acids is 2. The summed E-state index contributed by atoms with van der Waals surface area (Å²) in [5, 5.41) is 11.1. The third-order valence-corrected chi connectivity index (χ3v) is 6.27. The molecule has 0 aliphatic carbocycles. The van der Waals surface area contributed by atoms with Crippen molar-refractivity contribution < 1.29 is 9.59 Å².